The molecular weight excluding hydrogens is 327 g/mol. The third kappa shape index (κ3) is 4.28. The van der Waals surface area contributed by atoms with Crippen molar-refractivity contribution in [2.45, 2.75) is 38.9 Å². The van der Waals surface area contributed by atoms with Crippen molar-refractivity contribution in [2.75, 3.05) is 0 Å². The minimum absolute atomic E-state index is 0.150. The first-order chi connectivity index (χ1) is 10.8. The smallest absolute Gasteiger partial charge is 0.340 e. The summed E-state index contributed by atoms with van der Waals surface area (Å²) < 4.78 is 38.8. The molecule has 2 rings (SSSR count). The van der Waals surface area contributed by atoms with E-state index in [1.54, 1.807) is 38.4 Å². The van der Waals surface area contributed by atoms with Gasteiger partial charge in [-0.15, -0.1) is 11.3 Å². The number of hydrogen-bond acceptors (Lipinski definition) is 4. The lowest BCUT2D eigenvalue weighted by atomic mass is 10.1. The highest BCUT2D eigenvalue weighted by Gasteiger charge is 2.40. The first-order valence-electron chi connectivity index (χ1n) is 7.08. The van der Waals surface area contributed by atoms with Crippen LogP contribution in [0.25, 0.3) is 10.6 Å². The Bertz CT molecular complexity index is 670. The van der Waals surface area contributed by atoms with Gasteiger partial charge in [-0.3, -0.25) is 9.78 Å². The Labute approximate surface area is 135 Å². The average molecular weight is 343 g/mol. The maximum absolute atomic E-state index is 12.9. The molecule has 0 spiro atoms. The van der Waals surface area contributed by atoms with Gasteiger partial charge in [-0.2, -0.15) is 13.2 Å². The monoisotopic (exact) mass is 343 g/mol. The lowest BCUT2D eigenvalue weighted by Gasteiger charge is -2.20. The van der Waals surface area contributed by atoms with Crippen LogP contribution < -0.4 is 5.32 Å². The van der Waals surface area contributed by atoms with Crippen LogP contribution in [0.4, 0.5) is 13.2 Å². The highest BCUT2D eigenvalue weighted by atomic mass is 32.1. The molecule has 0 saturated heterocycles. The largest absolute Gasteiger partial charge is 0.408 e. The number of carbonyl (C=O) groups is 1. The van der Waals surface area contributed by atoms with Crippen LogP contribution >= 0.6 is 11.3 Å². The van der Waals surface area contributed by atoms with Crippen molar-refractivity contribution < 1.29 is 18.0 Å². The number of amides is 1. The van der Waals surface area contributed by atoms with Crippen LogP contribution in [0.1, 0.15) is 35.1 Å². The van der Waals surface area contributed by atoms with Crippen molar-refractivity contribution in [1.29, 1.82) is 0 Å². The zero-order chi connectivity index (χ0) is 17.0. The van der Waals surface area contributed by atoms with Crippen LogP contribution in [0.5, 0.6) is 0 Å². The number of aryl methyl sites for hydroxylation is 1. The van der Waals surface area contributed by atoms with Gasteiger partial charge in [-0.1, -0.05) is 13.3 Å². The number of pyridine rings is 1. The lowest BCUT2D eigenvalue weighted by Crippen LogP contribution is -2.45. The van der Waals surface area contributed by atoms with Crippen molar-refractivity contribution in [3.8, 4) is 10.6 Å². The van der Waals surface area contributed by atoms with Crippen molar-refractivity contribution >= 4 is 17.2 Å². The molecule has 2 aromatic heterocycles. The summed E-state index contributed by atoms with van der Waals surface area (Å²) in [5.74, 6) is -0.745. The summed E-state index contributed by atoms with van der Waals surface area (Å²) in [5.41, 5.74) is 1.13. The number of halogens is 3. The summed E-state index contributed by atoms with van der Waals surface area (Å²) in [4.78, 5) is 20.6. The predicted molar refractivity (Wildman–Crippen MR) is 82.3 cm³/mol. The number of carbonyl (C=O) groups excluding carboxylic acids is 1. The van der Waals surface area contributed by atoms with Crippen LogP contribution in [-0.4, -0.2) is 28.1 Å². The molecule has 0 fully saturated rings. The second-order valence-electron chi connectivity index (χ2n) is 5.03. The Kier molecular flexibility index (Phi) is 5.35. The van der Waals surface area contributed by atoms with Crippen LogP contribution in [0.3, 0.4) is 0 Å². The fourth-order valence-corrected chi connectivity index (χ4v) is 3.01. The highest BCUT2D eigenvalue weighted by molar-refractivity contribution is 7.17. The van der Waals surface area contributed by atoms with Gasteiger partial charge in [0.2, 0.25) is 0 Å². The van der Waals surface area contributed by atoms with Gasteiger partial charge in [0.1, 0.15) is 15.9 Å². The van der Waals surface area contributed by atoms with E-state index in [4.69, 9.17) is 0 Å². The molecule has 1 atom stereocenters. The Morgan fingerprint density at radius 3 is 2.74 bits per heavy atom. The van der Waals surface area contributed by atoms with Gasteiger partial charge in [0, 0.05) is 18.0 Å². The SMILES string of the molecule is CCCC(NC(=O)c1sc(-c2cccnc2)nc1C)C(F)(F)F. The van der Waals surface area contributed by atoms with Gasteiger partial charge in [0.05, 0.1) is 5.69 Å². The number of aromatic nitrogens is 2. The second kappa shape index (κ2) is 7.08. The number of nitrogens with one attached hydrogen (secondary N) is 1. The van der Waals surface area contributed by atoms with Gasteiger partial charge in [0.15, 0.2) is 0 Å². The maximum atomic E-state index is 12.9. The minimum atomic E-state index is -4.46. The fourth-order valence-electron chi connectivity index (χ4n) is 2.05. The third-order valence-corrected chi connectivity index (χ3v) is 4.39. The topological polar surface area (TPSA) is 54.9 Å². The number of nitrogens with zero attached hydrogens (tertiary/aromatic N) is 2. The predicted octanol–water partition coefficient (Wildman–Crippen LogP) is 3.97. The summed E-state index contributed by atoms with van der Waals surface area (Å²) >= 11 is 1.06. The number of alkyl halides is 3. The molecule has 8 heteroatoms. The quantitative estimate of drug-likeness (QED) is 0.893. The van der Waals surface area contributed by atoms with Crippen LogP contribution in [0, 0.1) is 6.92 Å². The molecular formula is C15H16F3N3OS. The molecule has 23 heavy (non-hydrogen) atoms. The molecule has 124 valence electrons. The summed E-state index contributed by atoms with van der Waals surface area (Å²) in [7, 11) is 0. The third-order valence-electron chi connectivity index (χ3n) is 3.19. The van der Waals surface area contributed by atoms with E-state index in [0.29, 0.717) is 17.1 Å². The van der Waals surface area contributed by atoms with Crippen molar-refractivity contribution in [2.24, 2.45) is 0 Å². The van der Waals surface area contributed by atoms with Gasteiger partial charge in [0.25, 0.3) is 5.91 Å². The molecule has 0 aliphatic heterocycles. The average Bonchev–Trinajstić information content (AvgIpc) is 2.89. The second-order valence-corrected chi connectivity index (χ2v) is 6.03. The van der Waals surface area contributed by atoms with E-state index in [1.165, 1.54) is 0 Å². The van der Waals surface area contributed by atoms with Crippen LogP contribution in [0.15, 0.2) is 24.5 Å². The summed E-state index contributed by atoms with van der Waals surface area (Å²) in [5, 5.41) is 2.63. The Morgan fingerprint density at radius 2 is 2.17 bits per heavy atom. The van der Waals surface area contributed by atoms with E-state index in [9.17, 15) is 18.0 Å². The molecule has 0 radical (unpaired) electrons. The number of hydrogen-bond donors (Lipinski definition) is 1. The standard InChI is InChI=1S/C15H16F3N3OS/c1-3-5-11(15(16,17)18)21-13(22)12-9(2)20-14(23-12)10-6-4-7-19-8-10/h4,6-8,11H,3,5H2,1-2H3,(H,21,22). The van der Waals surface area contributed by atoms with E-state index in [0.717, 1.165) is 16.9 Å². The van der Waals surface area contributed by atoms with Crippen LogP contribution in [0.2, 0.25) is 0 Å². The lowest BCUT2D eigenvalue weighted by molar-refractivity contribution is -0.154. The zero-order valence-corrected chi connectivity index (χ0v) is 13.5. The van der Waals surface area contributed by atoms with E-state index in [-0.39, 0.29) is 11.3 Å². The Hall–Kier alpha value is -1.96. The van der Waals surface area contributed by atoms with E-state index in [2.05, 4.69) is 15.3 Å². The van der Waals surface area contributed by atoms with Crippen molar-refractivity contribution in [3.05, 3.63) is 35.1 Å². The van der Waals surface area contributed by atoms with Gasteiger partial charge >= 0.3 is 6.18 Å². The molecule has 1 unspecified atom stereocenters. The molecule has 0 aliphatic carbocycles. The molecule has 1 amide bonds. The van der Waals surface area contributed by atoms with E-state index >= 15 is 0 Å². The Morgan fingerprint density at radius 1 is 1.43 bits per heavy atom. The van der Waals surface area contributed by atoms with Gasteiger partial charge < -0.3 is 5.32 Å². The molecule has 2 aromatic rings. The fraction of sp³-hybridized carbons (Fsp3) is 0.400. The molecule has 2 heterocycles. The normalized spacial score (nSPS) is 12.9. The van der Waals surface area contributed by atoms with Gasteiger partial charge in [-0.25, -0.2) is 4.98 Å². The Balaban J connectivity index is 2.21. The molecule has 0 aliphatic rings. The van der Waals surface area contributed by atoms with Crippen molar-refractivity contribution in [3.63, 3.8) is 0 Å². The van der Waals surface area contributed by atoms with E-state index in [1.807, 2.05) is 0 Å². The first-order valence-corrected chi connectivity index (χ1v) is 7.90. The molecule has 0 saturated carbocycles. The minimum Gasteiger partial charge on any atom is -0.340 e. The molecule has 4 nitrogen and oxygen atoms in total. The molecule has 0 bridgehead atoms. The van der Waals surface area contributed by atoms with Crippen molar-refractivity contribution in [1.82, 2.24) is 15.3 Å². The summed E-state index contributed by atoms with van der Waals surface area (Å²) in [6.45, 7) is 3.25. The molecule has 0 aromatic carbocycles. The summed E-state index contributed by atoms with van der Waals surface area (Å²) in [6, 6.07) is 1.67. The summed E-state index contributed by atoms with van der Waals surface area (Å²) in [6.07, 6.45) is -1.09. The maximum Gasteiger partial charge on any atom is 0.408 e. The van der Waals surface area contributed by atoms with Crippen LogP contribution in [-0.2, 0) is 0 Å². The zero-order valence-electron chi connectivity index (χ0n) is 12.6. The van der Waals surface area contributed by atoms with E-state index < -0.39 is 18.1 Å². The van der Waals surface area contributed by atoms with Gasteiger partial charge in [-0.05, 0) is 25.5 Å². The first kappa shape index (κ1) is 17.4. The highest BCUT2D eigenvalue weighted by Crippen LogP contribution is 2.29. The number of rotatable bonds is 5. The molecule has 1 N–H and O–H groups in total. The number of thiazole rings is 1.